The molecular weight excluding hydrogens is 594 g/mol. The summed E-state index contributed by atoms with van der Waals surface area (Å²) in [4.78, 5) is 40.3. The molecule has 1 aliphatic carbocycles. The van der Waals surface area contributed by atoms with E-state index in [1.807, 2.05) is 13.8 Å². The lowest BCUT2D eigenvalue weighted by atomic mass is 9.85. The minimum absolute atomic E-state index is 0.0666. The summed E-state index contributed by atoms with van der Waals surface area (Å²) in [5.74, 6) is -1.46. The summed E-state index contributed by atoms with van der Waals surface area (Å²) in [5.41, 5.74) is -0.480. The van der Waals surface area contributed by atoms with Crippen LogP contribution in [0.25, 0.3) is 0 Å². The Morgan fingerprint density at radius 3 is 1.85 bits per heavy atom. The largest absolute Gasteiger partial charge is 0.460 e. The molecule has 0 spiro atoms. The van der Waals surface area contributed by atoms with Gasteiger partial charge in [0, 0.05) is 25.6 Å². The van der Waals surface area contributed by atoms with Crippen LogP contribution in [-0.4, -0.2) is 73.6 Å². The fourth-order valence-electron chi connectivity index (χ4n) is 6.73. The summed E-state index contributed by atoms with van der Waals surface area (Å²) in [5, 5.41) is 5.91. The van der Waals surface area contributed by atoms with Crippen LogP contribution in [0.1, 0.15) is 169 Å². The molecule has 1 saturated carbocycles. The number of hydrogen-bond donors (Lipinski definition) is 2. The number of esters is 1. The molecule has 2 aliphatic rings. The fourth-order valence-corrected chi connectivity index (χ4v) is 6.73. The van der Waals surface area contributed by atoms with Crippen LogP contribution in [0.5, 0.6) is 0 Å². The van der Waals surface area contributed by atoms with Gasteiger partial charge in [0.15, 0.2) is 5.79 Å². The molecule has 3 amide bonds. The molecule has 0 radical (unpaired) electrons. The van der Waals surface area contributed by atoms with Gasteiger partial charge in [-0.1, -0.05) is 124 Å². The highest BCUT2D eigenvalue weighted by molar-refractivity contribution is 5.82. The maximum atomic E-state index is 12.9. The highest BCUT2D eigenvalue weighted by Gasteiger charge is 2.45. The zero-order valence-corrected chi connectivity index (χ0v) is 31.1. The summed E-state index contributed by atoms with van der Waals surface area (Å²) in [6.45, 7) is 11.0. The van der Waals surface area contributed by atoms with Gasteiger partial charge in [-0.3, -0.25) is 9.59 Å². The quantitative estimate of drug-likeness (QED) is 0.0838. The van der Waals surface area contributed by atoms with Crippen molar-refractivity contribution in [3.05, 3.63) is 0 Å². The number of unbranched alkanes of at least 4 members (excludes halogenated alkanes) is 15. The van der Waals surface area contributed by atoms with Crippen LogP contribution in [0.15, 0.2) is 0 Å². The Bertz CT molecular complexity index is 895. The number of hydrogen-bond acceptors (Lipinski definition) is 6. The van der Waals surface area contributed by atoms with Crippen molar-refractivity contribution >= 4 is 17.9 Å². The summed E-state index contributed by atoms with van der Waals surface area (Å²) in [7, 11) is 1.80. The van der Waals surface area contributed by atoms with Crippen molar-refractivity contribution in [1.82, 2.24) is 15.5 Å². The number of likely N-dealkylation sites (N-methyl/N-ethyl adjacent to an activating group) is 1. The standard InChI is InChI=1S/C38H71N3O6/c1-7-8-9-10-11-12-13-14-15-16-17-18-19-20-21-24-28-40-36(44)41(6)31-25-22-23-26-32(31)46-33(42)27-29-39-35(43)34-37(2,3)30-45-38(4,5)47-34/h31-32,34H,7-30H2,1-6H3,(H,39,43)(H,40,44). The van der Waals surface area contributed by atoms with Gasteiger partial charge in [-0.2, -0.15) is 0 Å². The molecule has 1 heterocycles. The molecule has 9 nitrogen and oxygen atoms in total. The van der Waals surface area contributed by atoms with Crippen LogP contribution in [0, 0.1) is 5.41 Å². The van der Waals surface area contributed by atoms with Gasteiger partial charge in [-0.05, 0) is 39.5 Å². The predicted octanol–water partition coefficient (Wildman–Crippen LogP) is 8.43. The maximum absolute atomic E-state index is 12.9. The van der Waals surface area contributed by atoms with Gasteiger partial charge in [0.2, 0.25) is 5.91 Å². The first-order valence-corrected chi connectivity index (χ1v) is 19.3. The lowest BCUT2D eigenvalue weighted by Crippen LogP contribution is -2.56. The minimum atomic E-state index is -0.837. The smallest absolute Gasteiger partial charge is 0.317 e. The van der Waals surface area contributed by atoms with Crippen LogP contribution in [0.2, 0.25) is 0 Å². The van der Waals surface area contributed by atoms with Crippen LogP contribution >= 0.6 is 0 Å². The maximum Gasteiger partial charge on any atom is 0.317 e. The van der Waals surface area contributed by atoms with E-state index in [-0.39, 0.29) is 43.0 Å². The molecular formula is C38H71N3O6. The zero-order valence-electron chi connectivity index (χ0n) is 31.1. The molecule has 1 aliphatic heterocycles. The monoisotopic (exact) mass is 666 g/mol. The van der Waals surface area contributed by atoms with E-state index in [1.165, 1.54) is 89.9 Å². The van der Waals surface area contributed by atoms with Crippen molar-refractivity contribution in [2.45, 2.75) is 193 Å². The number of ether oxygens (including phenoxy) is 3. The molecule has 3 atom stereocenters. The Morgan fingerprint density at radius 1 is 0.745 bits per heavy atom. The topological polar surface area (TPSA) is 106 Å². The molecule has 0 aromatic heterocycles. The van der Waals surface area contributed by atoms with E-state index < -0.39 is 17.3 Å². The summed E-state index contributed by atoms with van der Waals surface area (Å²) in [6, 6.07) is -0.250. The van der Waals surface area contributed by atoms with Gasteiger partial charge in [0.25, 0.3) is 0 Å². The second kappa shape index (κ2) is 22.7. The lowest BCUT2D eigenvalue weighted by molar-refractivity contribution is -0.304. The summed E-state index contributed by atoms with van der Waals surface area (Å²) >= 11 is 0. The second-order valence-electron chi connectivity index (χ2n) is 15.2. The highest BCUT2D eigenvalue weighted by atomic mass is 16.7. The Kier molecular flexibility index (Phi) is 20.0. The fraction of sp³-hybridized carbons (Fsp3) is 0.921. The Hall–Kier alpha value is -1.87. The molecule has 2 N–H and O–H groups in total. The number of nitrogens with one attached hydrogen (secondary N) is 2. The molecule has 274 valence electrons. The third-order valence-corrected chi connectivity index (χ3v) is 9.84. The second-order valence-corrected chi connectivity index (χ2v) is 15.2. The van der Waals surface area contributed by atoms with Crippen molar-refractivity contribution in [2.24, 2.45) is 5.41 Å². The number of rotatable bonds is 23. The van der Waals surface area contributed by atoms with E-state index in [1.54, 1.807) is 25.8 Å². The first kappa shape index (κ1) is 41.3. The third-order valence-electron chi connectivity index (χ3n) is 9.84. The van der Waals surface area contributed by atoms with Crippen molar-refractivity contribution in [1.29, 1.82) is 0 Å². The highest BCUT2D eigenvalue weighted by Crippen LogP contribution is 2.35. The van der Waals surface area contributed by atoms with Gasteiger partial charge >= 0.3 is 12.0 Å². The van der Waals surface area contributed by atoms with Crippen molar-refractivity contribution in [3.63, 3.8) is 0 Å². The van der Waals surface area contributed by atoms with E-state index in [0.717, 1.165) is 38.5 Å². The minimum Gasteiger partial charge on any atom is -0.460 e. The average molecular weight is 666 g/mol. The molecule has 1 saturated heterocycles. The molecule has 47 heavy (non-hydrogen) atoms. The Morgan fingerprint density at radius 2 is 1.28 bits per heavy atom. The third kappa shape index (κ3) is 16.9. The molecule has 0 aromatic rings. The number of urea groups is 1. The van der Waals surface area contributed by atoms with E-state index in [9.17, 15) is 14.4 Å². The van der Waals surface area contributed by atoms with E-state index in [0.29, 0.717) is 13.2 Å². The Balaban J connectivity index is 1.55. The van der Waals surface area contributed by atoms with Gasteiger partial charge < -0.3 is 29.7 Å². The van der Waals surface area contributed by atoms with Gasteiger partial charge in [0.05, 0.1) is 19.1 Å². The normalized spacial score (nSPS) is 22.0. The summed E-state index contributed by atoms with van der Waals surface area (Å²) in [6.07, 6.45) is 23.8. The summed E-state index contributed by atoms with van der Waals surface area (Å²) < 4.78 is 17.4. The number of carbonyl (C=O) groups is 3. The first-order chi connectivity index (χ1) is 22.5. The molecule has 2 rings (SSSR count). The molecule has 3 unspecified atom stereocenters. The number of amides is 3. The van der Waals surface area contributed by atoms with Crippen LogP contribution in [0.4, 0.5) is 4.79 Å². The van der Waals surface area contributed by atoms with Crippen LogP contribution < -0.4 is 10.6 Å². The molecule has 0 aromatic carbocycles. The molecule has 0 bridgehead atoms. The van der Waals surface area contributed by atoms with E-state index in [2.05, 4.69) is 17.6 Å². The van der Waals surface area contributed by atoms with Gasteiger partial charge in [0.1, 0.15) is 12.2 Å². The lowest BCUT2D eigenvalue weighted by Gasteiger charge is -2.44. The Labute approximate surface area is 287 Å². The van der Waals surface area contributed by atoms with Gasteiger partial charge in [-0.25, -0.2) is 4.79 Å². The van der Waals surface area contributed by atoms with Crippen molar-refractivity contribution in [3.8, 4) is 0 Å². The molecule has 9 heteroatoms. The van der Waals surface area contributed by atoms with Crippen LogP contribution in [0.3, 0.4) is 0 Å². The molecule has 2 fully saturated rings. The SMILES string of the molecule is CCCCCCCCCCCCCCCCCCNC(=O)N(C)C1CCCCC1OC(=O)CCNC(=O)C1OC(C)(C)OCC1(C)C. The number of nitrogens with zero attached hydrogens (tertiary/aromatic N) is 1. The average Bonchev–Trinajstić information content (AvgIpc) is 3.03. The van der Waals surface area contributed by atoms with Gasteiger partial charge in [-0.15, -0.1) is 0 Å². The van der Waals surface area contributed by atoms with E-state index >= 15 is 0 Å². The van der Waals surface area contributed by atoms with Crippen molar-refractivity contribution < 1.29 is 28.6 Å². The zero-order chi connectivity index (χ0) is 34.5. The first-order valence-electron chi connectivity index (χ1n) is 19.3. The van der Waals surface area contributed by atoms with Crippen LogP contribution in [-0.2, 0) is 23.8 Å². The predicted molar refractivity (Wildman–Crippen MR) is 189 cm³/mol. The van der Waals surface area contributed by atoms with Crippen molar-refractivity contribution in [2.75, 3.05) is 26.7 Å². The van der Waals surface area contributed by atoms with E-state index in [4.69, 9.17) is 14.2 Å². The number of carbonyl (C=O) groups excluding carboxylic acids is 3.